The summed E-state index contributed by atoms with van der Waals surface area (Å²) in [7, 11) is 0. The maximum absolute atomic E-state index is 9.61. The fourth-order valence-corrected chi connectivity index (χ4v) is 0.410. The molecule has 0 aromatic carbocycles. The Balaban J connectivity index is 1.88. The van der Waals surface area contributed by atoms with Crippen molar-refractivity contribution in [3.05, 3.63) is 0 Å². The van der Waals surface area contributed by atoms with Gasteiger partial charge in [-0.2, -0.15) is 0 Å². The van der Waals surface area contributed by atoms with Crippen molar-refractivity contribution in [2.45, 2.75) is 18.9 Å². The van der Waals surface area contributed by atoms with Gasteiger partial charge in [0.25, 0.3) is 0 Å². The monoisotopic (exact) mass is 100 g/mol. The largest absolute Gasteiger partial charge is 0.371 e. The van der Waals surface area contributed by atoms with Crippen LogP contribution in [-0.2, 0) is 9.53 Å². The van der Waals surface area contributed by atoms with Crippen molar-refractivity contribution in [3.63, 3.8) is 0 Å². The van der Waals surface area contributed by atoms with Crippen LogP contribution in [0.15, 0.2) is 0 Å². The molecule has 0 aromatic rings. The minimum absolute atomic E-state index is 0.282. The van der Waals surface area contributed by atoms with Crippen LogP contribution >= 0.6 is 0 Å². The average molecular weight is 100 g/mol. The van der Waals surface area contributed by atoms with E-state index in [-0.39, 0.29) is 6.61 Å². The predicted molar refractivity (Wildman–Crippen MR) is 25.0 cm³/mol. The summed E-state index contributed by atoms with van der Waals surface area (Å²) in [6.45, 7) is 0.282. The van der Waals surface area contributed by atoms with Gasteiger partial charge in [-0.15, -0.1) is 0 Å². The molecule has 1 aliphatic carbocycles. The summed E-state index contributed by atoms with van der Waals surface area (Å²) >= 11 is 0. The van der Waals surface area contributed by atoms with Gasteiger partial charge in [0.05, 0.1) is 6.10 Å². The zero-order valence-corrected chi connectivity index (χ0v) is 4.09. The van der Waals surface area contributed by atoms with E-state index < -0.39 is 0 Å². The van der Waals surface area contributed by atoms with Gasteiger partial charge in [-0.3, -0.25) is 0 Å². The molecule has 2 heteroatoms. The van der Waals surface area contributed by atoms with Gasteiger partial charge in [0.2, 0.25) is 0 Å². The molecule has 1 fully saturated rings. The first-order valence-electron chi connectivity index (χ1n) is 2.48. The van der Waals surface area contributed by atoms with Gasteiger partial charge < -0.3 is 9.53 Å². The number of ether oxygens (including phenoxy) is 1. The molecule has 0 aromatic heterocycles. The molecule has 1 saturated carbocycles. The maximum atomic E-state index is 9.61. The number of hydrogen-bond acceptors (Lipinski definition) is 2. The Morgan fingerprint density at radius 3 is 2.86 bits per heavy atom. The van der Waals surface area contributed by atoms with Crippen LogP contribution in [0.2, 0.25) is 0 Å². The van der Waals surface area contributed by atoms with Gasteiger partial charge in [-0.25, -0.2) is 0 Å². The topological polar surface area (TPSA) is 26.3 Å². The van der Waals surface area contributed by atoms with Crippen molar-refractivity contribution in [2.75, 3.05) is 6.61 Å². The summed E-state index contributed by atoms with van der Waals surface area (Å²) in [6, 6.07) is 0. The second-order valence-electron chi connectivity index (χ2n) is 1.70. The number of hydrogen-bond donors (Lipinski definition) is 0. The summed E-state index contributed by atoms with van der Waals surface area (Å²) < 4.78 is 4.93. The molecule has 0 atom stereocenters. The molecule has 1 aliphatic rings. The summed E-state index contributed by atoms with van der Waals surface area (Å²) in [5.41, 5.74) is 0. The van der Waals surface area contributed by atoms with Crippen LogP contribution < -0.4 is 0 Å². The normalized spacial score (nSPS) is 19.4. The lowest BCUT2D eigenvalue weighted by Crippen LogP contribution is -1.95. The Bertz CT molecular complexity index is 66.5. The molecule has 0 amide bonds. The Morgan fingerprint density at radius 1 is 1.71 bits per heavy atom. The zero-order valence-electron chi connectivity index (χ0n) is 4.09. The third-order valence-corrected chi connectivity index (χ3v) is 0.924. The molecular formula is C5H8O2. The molecule has 0 aliphatic heterocycles. The minimum Gasteiger partial charge on any atom is -0.371 e. The first kappa shape index (κ1) is 4.78. The second kappa shape index (κ2) is 2.07. The van der Waals surface area contributed by atoms with Gasteiger partial charge in [-0.1, -0.05) is 0 Å². The fraction of sp³-hybridized carbons (Fsp3) is 0.800. The highest BCUT2D eigenvalue weighted by Gasteiger charge is 2.21. The molecule has 0 radical (unpaired) electrons. The van der Waals surface area contributed by atoms with Crippen LogP contribution in [0.1, 0.15) is 12.8 Å². The van der Waals surface area contributed by atoms with Gasteiger partial charge in [0.15, 0.2) is 0 Å². The standard InChI is InChI=1S/C5H8O2/c6-3-4-7-5-1-2-5/h3,5H,1-2,4H2. The van der Waals surface area contributed by atoms with Crippen LogP contribution in [0.25, 0.3) is 0 Å². The van der Waals surface area contributed by atoms with E-state index in [0.717, 1.165) is 19.1 Å². The van der Waals surface area contributed by atoms with E-state index in [1.807, 2.05) is 0 Å². The lowest BCUT2D eigenvalue weighted by atomic mass is 10.8. The van der Waals surface area contributed by atoms with Crippen molar-refractivity contribution in [1.82, 2.24) is 0 Å². The Labute approximate surface area is 42.5 Å². The summed E-state index contributed by atoms with van der Waals surface area (Å²) in [5, 5.41) is 0. The third kappa shape index (κ3) is 1.69. The minimum atomic E-state index is 0.282. The molecule has 7 heavy (non-hydrogen) atoms. The van der Waals surface area contributed by atoms with E-state index in [2.05, 4.69) is 0 Å². The molecule has 0 heterocycles. The first-order valence-corrected chi connectivity index (χ1v) is 2.48. The number of carbonyl (C=O) groups excluding carboxylic acids is 1. The summed E-state index contributed by atoms with van der Waals surface area (Å²) in [4.78, 5) is 9.61. The van der Waals surface area contributed by atoms with Gasteiger partial charge in [0.1, 0.15) is 12.9 Å². The predicted octanol–water partition coefficient (Wildman–Crippen LogP) is 0.364. The molecule has 1 rings (SSSR count). The van der Waals surface area contributed by atoms with Crippen LogP contribution in [-0.4, -0.2) is 19.0 Å². The summed E-state index contributed by atoms with van der Waals surface area (Å²) in [5.74, 6) is 0. The van der Waals surface area contributed by atoms with E-state index in [9.17, 15) is 4.79 Å². The Morgan fingerprint density at radius 2 is 2.43 bits per heavy atom. The van der Waals surface area contributed by atoms with Gasteiger partial charge in [-0.05, 0) is 12.8 Å². The lowest BCUT2D eigenvalue weighted by Gasteiger charge is -1.88. The van der Waals surface area contributed by atoms with Crippen LogP contribution in [0.4, 0.5) is 0 Å². The van der Waals surface area contributed by atoms with E-state index in [0.29, 0.717) is 6.10 Å². The number of rotatable bonds is 3. The highest BCUT2D eigenvalue weighted by molar-refractivity contribution is 5.50. The molecule has 0 N–H and O–H groups in total. The average Bonchev–Trinajstić information content (AvgIpc) is 2.42. The highest BCUT2D eigenvalue weighted by atomic mass is 16.5. The molecule has 0 spiro atoms. The van der Waals surface area contributed by atoms with Crippen molar-refractivity contribution >= 4 is 6.29 Å². The van der Waals surface area contributed by atoms with Crippen LogP contribution in [0.3, 0.4) is 0 Å². The SMILES string of the molecule is O=CCOC1CC1. The van der Waals surface area contributed by atoms with Crippen molar-refractivity contribution in [1.29, 1.82) is 0 Å². The fourth-order valence-electron chi connectivity index (χ4n) is 0.410. The van der Waals surface area contributed by atoms with Crippen molar-refractivity contribution in [2.24, 2.45) is 0 Å². The van der Waals surface area contributed by atoms with Crippen molar-refractivity contribution in [3.8, 4) is 0 Å². The maximum Gasteiger partial charge on any atom is 0.145 e. The Hall–Kier alpha value is -0.370. The lowest BCUT2D eigenvalue weighted by molar-refractivity contribution is -0.112. The summed E-state index contributed by atoms with van der Waals surface area (Å²) in [6.07, 6.45) is 3.50. The Kier molecular flexibility index (Phi) is 1.42. The molecule has 0 saturated heterocycles. The molecular weight excluding hydrogens is 92.1 g/mol. The quantitative estimate of drug-likeness (QED) is 0.479. The smallest absolute Gasteiger partial charge is 0.145 e. The van der Waals surface area contributed by atoms with Gasteiger partial charge in [0, 0.05) is 0 Å². The molecule has 2 nitrogen and oxygen atoms in total. The van der Waals surface area contributed by atoms with E-state index in [4.69, 9.17) is 4.74 Å². The number of carbonyl (C=O) groups is 1. The molecule has 40 valence electrons. The van der Waals surface area contributed by atoms with E-state index in [1.54, 1.807) is 0 Å². The van der Waals surface area contributed by atoms with Crippen LogP contribution in [0, 0.1) is 0 Å². The van der Waals surface area contributed by atoms with Gasteiger partial charge >= 0.3 is 0 Å². The highest BCUT2D eigenvalue weighted by Crippen LogP contribution is 2.22. The second-order valence-corrected chi connectivity index (χ2v) is 1.70. The number of aldehydes is 1. The molecule has 0 unspecified atom stereocenters. The van der Waals surface area contributed by atoms with Crippen LogP contribution in [0.5, 0.6) is 0 Å². The third-order valence-electron chi connectivity index (χ3n) is 0.924. The van der Waals surface area contributed by atoms with Crippen molar-refractivity contribution < 1.29 is 9.53 Å². The van der Waals surface area contributed by atoms with E-state index in [1.165, 1.54) is 0 Å². The molecule has 0 bridgehead atoms. The first-order chi connectivity index (χ1) is 3.43. The van der Waals surface area contributed by atoms with E-state index >= 15 is 0 Å². The zero-order chi connectivity index (χ0) is 5.11.